The van der Waals surface area contributed by atoms with Gasteiger partial charge in [-0.15, -0.1) is 0 Å². The molecule has 41 heavy (non-hydrogen) atoms. The van der Waals surface area contributed by atoms with Crippen molar-refractivity contribution in [3.05, 3.63) is 121 Å². The zero-order valence-corrected chi connectivity index (χ0v) is 26.3. The molecule has 0 amide bonds. The monoisotopic (exact) mass is 578 g/mol. The van der Waals surface area contributed by atoms with E-state index < -0.39 is 6.89 Å². The van der Waals surface area contributed by atoms with E-state index >= 15 is 0 Å². The van der Waals surface area contributed by atoms with E-state index in [0.29, 0.717) is 0 Å². The number of rotatable bonds is 8. The fraction of sp³-hybridized carbons (Fsp3) is 0.342. The normalized spacial score (nSPS) is 16.9. The second kappa shape index (κ2) is 13.6. The van der Waals surface area contributed by atoms with E-state index in [4.69, 9.17) is 4.74 Å². The lowest BCUT2D eigenvalue weighted by Gasteiger charge is -2.45. The Labute approximate surface area is 249 Å². The Balaban J connectivity index is 1.80. The van der Waals surface area contributed by atoms with Gasteiger partial charge in [-0.25, -0.2) is 0 Å². The van der Waals surface area contributed by atoms with Crippen LogP contribution in [0.5, 0.6) is 5.75 Å². The molecule has 0 aliphatic heterocycles. The molecule has 0 heterocycles. The van der Waals surface area contributed by atoms with Gasteiger partial charge in [-0.05, 0) is 82.5 Å². The maximum atomic E-state index is 5.69. The van der Waals surface area contributed by atoms with Crippen LogP contribution in [0.1, 0.15) is 69.8 Å². The van der Waals surface area contributed by atoms with Crippen LogP contribution in [0.2, 0.25) is 0 Å². The Morgan fingerprint density at radius 3 is 1.29 bits per heavy atom. The Kier molecular flexibility index (Phi) is 9.46. The summed E-state index contributed by atoms with van der Waals surface area (Å²) in [4.78, 5) is 0. The van der Waals surface area contributed by atoms with Gasteiger partial charge in [0.05, 0.1) is 7.11 Å². The van der Waals surface area contributed by atoms with Crippen molar-refractivity contribution in [3.63, 3.8) is 0 Å². The fourth-order valence-electron chi connectivity index (χ4n) is 7.39. The topological polar surface area (TPSA) is 9.23 Å². The Morgan fingerprint density at radius 2 is 0.927 bits per heavy atom. The molecule has 2 aliphatic rings. The van der Waals surface area contributed by atoms with Gasteiger partial charge in [-0.1, -0.05) is 150 Å². The molecule has 0 atom stereocenters. The third kappa shape index (κ3) is 5.87. The van der Waals surface area contributed by atoms with Gasteiger partial charge in [-0.3, -0.25) is 0 Å². The third-order valence-electron chi connectivity index (χ3n) is 9.28. The van der Waals surface area contributed by atoms with E-state index in [1.54, 1.807) is 12.1 Å². The first-order valence-corrected chi connectivity index (χ1v) is 19.0. The zero-order valence-electron chi connectivity index (χ0n) is 24.5. The summed E-state index contributed by atoms with van der Waals surface area (Å²) in [6.45, 7) is -2.19. The molecule has 0 saturated heterocycles. The summed E-state index contributed by atoms with van der Waals surface area (Å²) in [6.07, 6.45) is 13.9. The predicted octanol–water partition coefficient (Wildman–Crippen LogP) is 9.31. The molecule has 0 unspecified atom stereocenters. The van der Waals surface area contributed by atoms with Crippen LogP contribution < -0.4 is 20.7 Å². The molecule has 2 fully saturated rings. The van der Waals surface area contributed by atoms with Gasteiger partial charge < -0.3 is 4.74 Å². The molecule has 2 saturated carbocycles. The van der Waals surface area contributed by atoms with Crippen molar-refractivity contribution in [2.45, 2.75) is 75.5 Å². The summed E-state index contributed by atoms with van der Waals surface area (Å²) < 4.78 is 5.69. The molecule has 212 valence electrons. The van der Waals surface area contributed by atoms with Crippen molar-refractivity contribution in [3.8, 4) is 5.75 Å². The minimum atomic E-state index is -2.19. The highest BCUT2D eigenvalue weighted by Gasteiger charge is 2.40. The standard InChI is InChI=1S/C38H44OP2/c1-39-32-29-27-31(28-30-32)38(40(33-17-7-2-8-18-33)34-19-9-3-10-20-34)41(35-21-11-4-12-22-35,36-23-13-5-14-24-36)37-25-15-6-16-26-37/h4-6,11-16,21-30,33-34H,2-3,7-10,17-20H2,1H3. The average molecular weight is 579 g/mol. The van der Waals surface area contributed by atoms with Crippen LogP contribution in [-0.2, 0) is 0 Å². The molecule has 0 N–H and O–H groups in total. The van der Waals surface area contributed by atoms with Crippen LogP contribution in [0.25, 0.3) is 0 Å². The van der Waals surface area contributed by atoms with Crippen LogP contribution >= 0.6 is 14.8 Å². The Hall–Kier alpha value is -2.59. The Bertz CT molecular complexity index is 1300. The number of benzene rings is 4. The van der Waals surface area contributed by atoms with Gasteiger partial charge in [0.15, 0.2) is 0 Å². The lowest BCUT2D eigenvalue weighted by atomic mass is 9.99. The summed E-state index contributed by atoms with van der Waals surface area (Å²) in [5.41, 5.74) is 3.04. The largest absolute Gasteiger partial charge is 0.497 e. The van der Waals surface area contributed by atoms with Crippen molar-refractivity contribution in [1.82, 2.24) is 0 Å². The molecule has 4 aromatic carbocycles. The predicted molar refractivity (Wildman–Crippen MR) is 183 cm³/mol. The molecular formula is C38H44OP2. The summed E-state index contributed by atoms with van der Waals surface area (Å²) in [7, 11) is 1.40. The van der Waals surface area contributed by atoms with E-state index in [1.165, 1.54) is 85.7 Å². The fourth-order valence-corrected chi connectivity index (χ4v) is 18.4. The highest BCUT2D eigenvalue weighted by molar-refractivity contribution is 8.07. The van der Waals surface area contributed by atoms with E-state index in [0.717, 1.165) is 17.1 Å². The maximum Gasteiger partial charge on any atom is 0.118 e. The highest BCUT2D eigenvalue weighted by atomic mass is 31.2. The van der Waals surface area contributed by atoms with Gasteiger partial charge in [-0.2, -0.15) is 0 Å². The van der Waals surface area contributed by atoms with Crippen LogP contribution in [0.3, 0.4) is 0 Å². The van der Waals surface area contributed by atoms with E-state index in [-0.39, 0.29) is 7.92 Å². The molecule has 0 bridgehead atoms. The minimum absolute atomic E-state index is 0.384. The van der Waals surface area contributed by atoms with Crippen molar-refractivity contribution < 1.29 is 4.74 Å². The van der Waals surface area contributed by atoms with Gasteiger partial charge >= 0.3 is 0 Å². The van der Waals surface area contributed by atoms with Gasteiger partial charge in [0.25, 0.3) is 0 Å². The first kappa shape index (κ1) is 28.5. The molecule has 4 aromatic rings. The molecule has 0 spiro atoms. The average Bonchev–Trinajstić information content (AvgIpc) is 3.07. The van der Waals surface area contributed by atoms with Crippen molar-refractivity contribution in [2.24, 2.45) is 0 Å². The van der Waals surface area contributed by atoms with E-state index in [9.17, 15) is 0 Å². The van der Waals surface area contributed by atoms with Crippen molar-refractivity contribution in [1.29, 1.82) is 0 Å². The van der Waals surface area contributed by atoms with Crippen molar-refractivity contribution in [2.75, 3.05) is 7.11 Å². The number of methoxy groups -OCH3 is 1. The quantitative estimate of drug-likeness (QED) is 0.189. The maximum absolute atomic E-state index is 5.69. The first-order chi connectivity index (χ1) is 20.3. The first-order valence-electron chi connectivity index (χ1n) is 15.7. The van der Waals surface area contributed by atoms with Crippen LogP contribution in [0.15, 0.2) is 115 Å². The summed E-state index contributed by atoms with van der Waals surface area (Å²) in [5.74, 6) is 0.941. The molecular weight excluding hydrogens is 534 g/mol. The lowest BCUT2D eigenvalue weighted by Crippen LogP contribution is -2.34. The van der Waals surface area contributed by atoms with E-state index in [1.807, 2.05) is 0 Å². The third-order valence-corrected chi connectivity index (χ3v) is 18.3. The minimum Gasteiger partial charge on any atom is -0.497 e. The molecule has 0 radical (unpaired) electrons. The number of hydrogen-bond acceptors (Lipinski definition) is 1. The molecule has 3 heteroatoms. The summed E-state index contributed by atoms with van der Waals surface area (Å²) in [6, 6.07) is 44.0. The smallest absolute Gasteiger partial charge is 0.118 e. The second-order valence-electron chi connectivity index (χ2n) is 11.7. The highest BCUT2D eigenvalue weighted by Crippen LogP contribution is 2.65. The van der Waals surface area contributed by atoms with Gasteiger partial charge in [0.2, 0.25) is 0 Å². The molecule has 2 aliphatic carbocycles. The second-order valence-corrected chi connectivity index (χ2v) is 18.1. The molecule has 6 rings (SSSR count). The van der Waals surface area contributed by atoms with Crippen LogP contribution in [0.4, 0.5) is 0 Å². The zero-order chi connectivity index (χ0) is 27.9. The summed E-state index contributed by atoms with van der Waals surface area (Å²) in [5, 5.41) is 6.24. The molecule has 1 nitrogen and oxygen atoms in total. The lowest BCUT2D eigenvalue weighted by molar-refractivity contribution is 0.415. The SMILES string of the molecule is COc1ccc(C(P(C2CCCCC2)C2CCCCC2)=P(c2ccccc2)(c2ccccc2)c2ccccc2)cc1. The van der Waals surface area contributed by atoms with Crippen LogP contribution in [0, 0.1) is 0 Å². The molecule has 0 aromatic heterocycles. The number of hydrogen-bond donors (Lipinski definition) is 0. The number of ether oxygens (including phenoxy) is 1. The Morgan fingerprint density at radius 1 is 0.537 bits per heavy atom. The van der Waals surface area contributed by atoms with Gasteiger partial charge in [0.1, 0.15) is 5.75 Å². The van der Waals surface area contributed by atoms with E-state index in [2.05, 4.69) is 115 Å². The summed E-state index contributed by atoms with van der Waals surface area (Å²) >= 11 is 0. The van der Waals surface area contributed by atoms with Crippen LogP contribution in [-0.4, -0.2) is 23.5 Å². The van der Waals surface area contributed by atoms with Gasteiger partial charge in [0, 0.05) is 0 Å². The van der Waals surface area contributed by atoms with Crippen molar-refractivity contribution >= 4 is 35.8 Å².